The van der Waals surface area contributed by atoms with Gasteiger partial charge >= 0.3 is 0 Å². The molecule has 0 aliphatic heterocycles. The number of thioether (sulfide) groups is 1. The zero-order valence-corrected chi connectivity index (χ0v) is 9.10. The highest BCUT2D eigenvalue weighted by Crippen LogP contribution is 2.22. The van der Waals surface area contributed by atoms with Crippen LogP contribution in [0.1, 0.15) is 0 Å². The molecule has 0 amide bonds. The first-order valence-corrected chi connectivity index (χ1v) is 5.99. The number of rotatable bonds is 2. The quantitative estimate of drug-likeness (QED) is 0.789. The summed E-state index contributed by atoms with van der Waals surface area (Å²) in [7, 11) is 0. The van der Waals surface area contributed by atoms with Crippen LogP contribution in [-0.4, -0.2) is 21.2 Å². The van der Waals surface area contributed by atoms with E-state index in [0.717, 1.165) is 4.88 Å². The Morgan fingerprint density at radius 3 is 2.86 bits per heavy atom. The first kappa shape index (κ1) is 9.42. The zero-order valence-electron chi connectivity index (χ0n) is 7.47. The average Bonchev–Trinajstić information content (AvgIpc) is 2.69. The zero-order chi connectivity index (χ0) is 9.97. The smallest absolute Gasteiger partial charge is 0.224 e. The molecule has 0 aliphatic carbocycles. The maximum Gasteiger partial charge on any atom is 0.224 e. The van der Waals surface area contributed by atoms with E-state index in [0.29, 0.717) is 11.0 Å². The van der Waals surface area contributed by atoms with E-state index in [1.54, 1.807) is 11.3 Å². The van der Waals surface area contributed by atoms with Crippen molar-refractivity contribution in [2.45, 2.75) is 5.16 Å². The highest BCUT2D eigenvalue weighted by atomic mass is 32.2. The Hall–Kier alpha value is -1.14. The summed E-state index contributed by atoms with van der Waals surface area (Å²) in [5.74, 6) is 0.921. The Kier molecular flexibility index (Phi) is 2.64. The number of anilines is 1. The van der Waals surface area contributed by atoms with Crippen molar-refractivity contribution >= 4 is 29.0 Å². The molecule has 0 aromatic carbocycles. The van der Waals surface area contributed by atoms with Gasteiger partial charge in [0.1, 0.15) is 0 Å². The lowest BCUT2D eigenvalue weighted by Gasteiger charge is -1.99. The van der Waals surface area contributed by atoms with Crippen LogP contribution in [0.25, 0.3) is 10.7 Å². The molecule has 0 atom stereocenters. The lowest BCUT2D eigenvalue weighted by Crippen LogP contribution is -2.00. The van der Waals surface area contributed by atoms with Gasteiger partial charge in [-0.3, -0.25) is 0 Å². The van der Waals surface area contributed by atoms with Gasteiger partial charge in [-0.15, -0.1) is 11.3 Å². The van der Waals surface area contributed by atoms with Gasteiger partial charge in [-0.25, -0.2) is 4.98 Å². The molecule has 0 saturated carbocycles. The summed E-state index contributed by atoms with van der Waals surface area (Å²) in [5.41, 5.74) is 5.57. The van der Waals surface area contributed by atoms with Crippen LogP contribution in [-0.2, 0) is 0 Å². The number of nitrogen functional groups attached to an aromatic ring is 1. The summed E-state index contributed by atoms with van der Waals surface area (Å²) < 4.78 is 0. The summed E-state index contributed by atoms with van der Waals surface area (Å²) in [6, 6.07) is 3.92. The van der Waals surface area contributed by atoms with Gasteiger partial charge in [0.15, 0.2) is 11.0 Å². The van der Waals surface area contributed by atoms with Gasteiger partial charge in [-0.2, -0.15) is 9.97 Å². The maximum absolute atomic E-state index is 5.57. The van der Waals surface area contributed by atoms with E-state index in [9.17, 15) is 0 Å². The molecular weight excluding hydrogens is 216 g/mol. The molecule has 2 N–H and O–H groups in total. The van der Waals surface area contributed by atoms with Crippen LogP contribution < -0.4 is 5.73 Å². The molecule has 0 bridgehead atoms. The molecule has 2 aromatic rings. The Balaban J connectivity index is 2.48. The third kappa shape index (κ3) is 1.85. The second-order valence-electron chi connectivity index (χ2n) is 2.48. The van der Waals surface area contributed by atoms with Crippen molar-refractivity contribution in [3.63, 3.8) is 0 Å². The molecule has 0 unspecified atom stereocenters. The maximum atomic E-state index is 5.57. The van der Waals surface area contributed by atoms with Gasteiger partial charge in [-0.05, 0) is 17.7 Å². The van der Waals surface area contributed by atoms with Crippen molar-refractivity contribution < 1.29 is 0 Å². The molecule has 14 heavy (non-hydrogen) atoms. The molecule has 0 aliphatic rings. The number of hydrogen-bond donors (Lipinski definition) is 1. The fraction of sp³-hybridized carbons (Fsp3) is 0.125. The fourth-order valence-corrected chi connectivity index (χ4v) is 2.00. The number of thiophene rings is 1. The Morgan fingerprint density at radius 2 is 2.21 bits per heavy atom. The fourth-order valence-electron chi connectivity index (χ4n) is 0.979. The number of nitrogens with two attached hydrogens (primary N) is 1. The first-order chi connectivity index (χ1) is 6.79. The largest absolute Gasteiger partial charge is 0.368 e. The second kappa shape index (κ2) is 3.93. The molecule has 2 heterocycles. The summed E-state index contributed by atoms with van der Waals surface area (Å²) in [6.45, 7) is 0. The topological polar surface area (TPSA) is 64.7 Å². The Labute approximate surface area is 89.6 Å². The minimum absolute atomic E-state index is 0.271. The SMILES string of the molecule is CSc1nc(N)nc(-c2cccs2)n1. The highest BCUT2D eigenvalue weighted by Gasteiger charge is 2.06. The van der Waals surface area contributed by atoms with Crippen molar-refractivity contribution in [1.29, 1.82) is 0 Å². The number of nitrogens with zero attached hydrogens (tertiary/aromatic N) is 3. The van der Waals surface area contributed by atoms with E-state index >= 15 is 0 Å². The van der Waals surface area contributed by atoms with Gasteiger partial charge in [0.25, 0.3) is 0 Å². The number of aromatic nitrogens is 3. The Bertz CT molecular complexity index is 427. The van der Waals surface area contributed by atoms with Crippen molar-refractivity contribution in [3.8, 4) is 10.7 Å². The molecule has 2 aromatic heterocycles. The van der Waals surface area contributed by atoms with E-state index < -0.39 is 0 Å². The molecule has 0 saturated heterocycles. The van der Waals surface area contributed by atoms with Gasteiger partial charge in [0, 0.05) is 0 Å². The lowest BCUT2D eigenvalue weighted by molar-refractivity contribution is 0.930. The van der Waals surface area contributed by atoms with Crippen LogP contribution in [0.4, 0.5) is 5.95 Å². The molecular formula is C8H8N4S2. The molecule has 2 rings (SSSR count). The normalized spacial score (nSPS) is 10.4. The minimum Gasteiger partial charge on any atom is -0.368 e. The van der Waals surface area contributed by atoms with Crippen molar-refractivity contribution in [2.24, 2.45) is 0 Å². The predicted molar refractivity (Wildman–Crippen MR) is 59.3 cm³/mol. The van der Waals surface area contributed by atoms with E-state index in [1.807, 2.05) is 23.8 Å². The summed E-state index contributed by atoms with van der Waals surface area (Å²) in [4.78, 5) is 13.3. The van der Waals surface area contributed by atoms with E-state index in [-0.39, 0.29) is 5.95 Å². The van der Waals surface area contributed by atoms with Gasteiger partial charge in [0.05, 0.1) is 4.88 Å². The molecule has 0 spiro atoms. The third-order valence-electron chi connectivity index (χ3n) is 1.56. The van der Waals surface area contributed by atoms with Gasteiger partial charge in [-0.1, -0.05) is 17.8 Å². The van der Waals surface area contributed by atoms with Crippen LogP contribution in [0, 0.1) is 0 Å². The van der Waals surface area contributed by atoms with Crippen LogP contribution in [0.3, 0.4) is 0 Å². The summed E-state index contributed by atoms with van der Waals surface area (Å²) in [6.07, 6.45) is 1.91. The Morgan fingerprint density at radius 1 is 1.36 bits per heavy atom. The summed E-state index contributed by atoms with van der Waals surface area (Å²) >= 11 is 3.04. The predicted octanol–water partition coefficient (Wildman–Crippen LogP) is 1.90. The molecule has 0 fully saturated rings. The molecule has 6 heteroatoms. The highest BCUT2D eigenvalue weighted by molar-refractivity contribution is 7.98. The van der Waals surface area contributed by atoms with E-state index in [4.69, 9.17) is 5.73 Å². The van der Waals surface area contributed by atoms with Gasteiger partial charge < -0.3 is 5.73 Å². The lowest BCUT2D eigenvalue weighted by atomic mass is 10.4. The first-order valence-electron chi connectivity index (χ1n) is 3.89. The molecule has 72 valence electrons. The van der Waals surface area contributed by atoms with Crippen LogP contribution >= 0.6 is 23.1 Å². The number of hydrogen-bond acceptors (Lipinski definition) is 6. The van der Waals surface area contributed by atoms with Crippen LogP contribution in [0.15, 0.2) is 22.7 Å². The molecule has 0 radical (unpaired) electrons. The van der Waals surface area contributed by atoms with Crippen molar-refractivity contribution in [2.75, 3.05) is 12.0 Å². The monoisotopic (exact) mass is 224 g/mol. The average molecular weight is 224 g/mol. The molecule has 4 nitrogen and oxygen atoms in total. The van der Waals surface area contributed by atoms with Crippen LogP contribution in [0.2, 0.25) is 0 Å². The third-order valence-corrected chi connectivity index (χ3v) is 2.97. The summed E-state index contributed by atoms with van der Waals surface area (Å²) in [5, 5.41) is 2.63. The second-order valence-corrected chi connectivity index (χ2v) is 4.20. The van der Waals surface area contributed by atoms with Gasteiger partial charge in [0.2, 0.25) is 5.95 Å². The van der Waals surface area contributed by atoms with Crippen molar-refractivity contribution in [3.05, 3.63) is 17.5 Å². The standard InChI is InChI=1S/C8H8N4S2/c1-13-8-11-6(10-7(9)12-8)5-3-2-4-14-5/h2-4H,1H3,(H2,9,10,11,12). The van der Waals surface area contributed by atoms with Crippen LogP contribution in [0.5, 0.6) is 0 Å². The minimum atomic E-state index is 0.271. The van der Waals surface area contributed by atoms with E-state index in [2.05, 4.69) is 15.0 Å². The van der Waals surface area contributed by atoms with E-state index in [1.165, 1.54) is 11.8 Å². The van der Waals surface area contributed by atoms with Crippen molar-refractivity contribution in [1.82, 2.24) is 15.0 Å².